The third-order valence-corrected chi connectivity index (χ3v) is 9.86. The van der Waals surface area contributed by atoms with Gasteiger partial charge in [0.2, 0.25) is 0 Å². The quantitative estimate of drug-likeness (QED) is 0.189. The second-order valence-corrected chi connectivity index (χ2v) is 12.8. The molecule has 0 saturated heterocycles. The van der Waals surface area contributed by atoms with Gasteiger partial charge < -0.3 is 13.4 Å². The van der Waals surface area contributed by atoms with Gasteiger partial charge in [0.25, 0.3) is 0 Å². The Balaban J connectivity index is 1.20. The molecule has 0 atom stereocenters. The Morgan fingerprint density at radius 3 is 1.76 bits per heavy atom. The maximum absolute atomic E-state index is 7.01. The van der Waals surface area contributed by atoms with Crippen LogP contribution >= 0.6 is 0 Å². The summed E-state index contributed by atoms with van der Waals surface area (Å²) in [6.07, 6.45) is 0. The molecule has 0 aliphatic rings. The van der Waals surface area contributed by atoms with Crippen molar-refractivity contribution in [2.75, 3.05) is 0 Å². The largest absolute Gasteiger partial charge is 0.456 e. The Labute approximate surface area is 290 Å². The van der Waals surface area contributed by atoms with Crippen LogP contribution in [0.3, 0.4) is 0 Å². The summed E-state index contributed by atoms with van der Waals surface area (Å²) in [5, 5.41) is 6.38. The minimum atomic E-state index is 0.560. The van der Waals surface area contributed by atoms with Crippen LogP contribution in [-0.2, 0) is 0 Å². The average Bonchev–Trinajstić information content (AvgIpc) is 3.88. The molecule has 0 saturated carbocycles. The van der Waals surface area contributed by atoms with Gasteiger partial charge in [-0.1, -0.05) is 115 Å². The molecule has 51 heavy (non-hydrogen) atoms. The highest BCUT2D eigenvalue weighted by Crippen LogP contribution is 2.44. The van der Waals surface area contributed by atoms with Crippen LogP contribution in [0.5, 0.6) is 0 Å². The molecule has 6 heteroatoms. The summed E-state index contributed by atoms with van der Waals surface area (Å²) < 4.78 is 15.7. The summed E-state index contributed by atoms with van der Waals surface area (Å²) >= 11 is 0. The van der Waals surface area contributed by atoms with E-state index in [1.807, 2.05) is 84.9 Å². The number of nitrogens with zero attached hydrogens (tertiary/aromatic N) is 4. The molecule has 0 unspecified atom stereocenters. The number of benzene rings is 7. The van der Waals surface area contributed by atoms with Gasteiger partial charge in [-0.15, -0.1) is 0 Å². The van der Waals surface area contributed by atoms with Crippen molar-refractivity contribution >= 4 is 65.7 Å². The van der Waals surface area contributed by atoms with Crippen molar-refractivity contribution in [3.05, 3.63) is 158 Å². The molecule has 238 valence electrons. The van der Waals surface area contributed by atoms with Crippen molar-refractivity contribution in [3.8, 4) is 39.9 Å². The smallest absolute Gasteiger partial charge is 0.167 e. The molecule has 0 bridgehead atoms. The van der Waals surface area contributed by atoms with E-state index in [1.165, 1.54) is 0 Å². The fraction of sp³-hybridized carbons (Fsp3) is 0. The Morgan fingerprint density at radius 2 is 0.980 bits per heavy atom. The summed E-state index contributed by atoms with van der Waals surface area (Å²) in [5.74, 6) is 1.78. The molecular weight excluding hydrogens is 629 g/mol. The van der Waals surface area contributed by atoms with Crippen molar-refractivity contribution in [1.29, 1.82) is 0 Å². The highest BCUT2D eigenvalue weighted by Gasteiger charge is 2.23. The summed E-state index contributed by atoms with van der Waals surface area (Å²) in [4.78, 5) is 15.0. The number of para-hydroxylation sites is 3. The van der Waals surface area contributed by atoms with Gasteiger partial charge in [0.05, 0.1) is 33.1 Å². The third kappa shape index (κ3) is 4.14. The number of rotatable bonds is 4. The minimum absolute atomic E-state index is 0.560. The van der Waals surface area contributed by atoms with Gasteiger partial charge in [-0.05, 0) is 42.5 Å². The van der Waals surface area contributed by atoms with Crippen molar-refractivity contribution in [3.63, 3.8) is 0 Å². The SMILES string of the molecule is c1ccc(-c2nc(-c3ccccc3)nc(-c3cccc4c3oc3c4ccc4c3c3ccccc3n4-c3cccc4oc5ccccc5c34)n2)cc1. The summed E-state index contributed by atoms with van der Waals surface area (Å²) in [6, 6.07) is 53.7. The summed E-state index contributed by atoms with van der Waals surface area (Å²) in [7, 11) is 0. The van der Waals surface area contributed by atoms with E-state index in [9.17, 15) is 0 Å². The number of fused-ring (bicyclic) bond motifs is 10. The molecule has 0 radical (unpaired) electrons. The lowest BCUT2D eigenvalue weighted by atomic mass is 10.1. The lowest BCUT2D eigenvalue weighted by Crippen LogP contribution is -2.00. The summed E-state index contributed by atoms with van der Waals surface area (Å²) in [5.41, 5.74) is 9.16. The molecule has 4 heterocycles. The van der Waals surface area contributed by atoms with E-state index >= 15 is 0 Å². The maximum Gasteiger partial charge on any atom is 0.167 e. The maximum atomic E-state index is 7.01. The molecule has 0 N–H and O–H groups in total. The van der Waals surface area contributed by atoms with E-state index in [0.29, 0.717) is 17.5 Å². The van der Waals surface area contributed by atoms with Crippen molar-refractivity contribution < 1.29 is 8.83 Å². The van der Waals surface area contributed by atoms with Gasteiger partial charge in [-0.2, -0.15) is 0 Å². The monoisotopic (exact) mass is 654 g/mol. The van der Waals surface area contributed by atoms with Crippen molar-refractivity contribution in [1.82, 2.24) is 19.5 Å². The number of hydrogen-bond acceptors (Lipinski definition) is 5. The van der Waals surface area contributed by atoms with Gasteiger partial charge in [-0.3, -0.25) is 0 Å². The molecule has 6 nitrogen and oxygen atoms in total. The van der Waals surface area contributed by atoms with Crippen LogP contribution < -0.4 is 0 Å². The first kappa shape index (κ1) is 27.9. The van der Waals surface area contributed by atoms with E-state index in [2.05, 4.69) is 77.4 Å². The van der Waals surface area contributed by atoms with Gasteiger partial charge in [0.15, 0.2) is 17.5 Å². The van der Waals surface area contributed by atoms with Gasteiger partial charge >= 0.3 is 0 Å². The first-order valence-electron chi connectivity index (χ1n) is 17.0. The van der Waals surface area contributed by atoms with Crippen LogP contribution in [0, 0.1) is 0 Å². The average molecular weight is 655 g/mol. The Morgan fingerprint density at radius 1 is 0.373 bits per heavy atom. The predicted octanol–water partition coefficient (Wildman–Crippen LogP) is 11.8. The van der Waals surface area contributed by atoms with Crippen molar-refractivity contribution in [2.24, 2.45) is 0 Å². The van der Waals surface area contributed by atoms with E-state index in [-0.39, 0.29) is 0 Å². The van der Waals surface area contributed by atoms with Gasteiger partial charge in [0, 0.05) is 32.7 Å². The molecule has 0 fully saturated rings. The fourth-order valence-electron chi connectivity index (χ4n) is 7.61. The molecule has 0 aliphatic heterocycles. The normalized spacial score (nSPS) is 11.9. The zero-order valence-corrected chi connectivity index (χ0v) is 27.1. The molecule has 0 amide bonds. The van der Waals surface area contributed by atoms with E-state index in [4.69, 9.17) is 23.8 Å². The molecule has 11 aromatic rings. The van der Waals surface area contributed by atoms with E-state index < -0.39 is 0 Å². The molecule has 11 rings (SSSR count). The van der Waals surface area contributed by atoms with Crippen LogP contribution in [-0.4, -0.2) is 19.5 Å². The second-order valence-electron chi connectivity index (χ2n) is 12.8. The number of hydrogen-bond donors (Lipinski definition) is 0. The molecular formula is C45H26N4O2. The Hall–Kier alpha value is -7.05. The fourth-order valence-corrected chi connectivity index (χ4v) is 7.61. The summed E-state index contributed by atoms with van der Waals surface area (Å²) in [6.45, 7) is 0. The highest BCUT2D eigenvalue weighted by molar-refractivity contribution is 6.25. The topological polar surface area (TPSA) is 69.9 Å². The van der Waals surface area contributed by atoms with E-state index in [1.54, 1.807) is 0 Å². The number of aromatic nitrogens is 4. The Kier molecular flexibility index (Phi) is 5.86. The zero-order chi connectivity index (χ0) is 33.5. The highest BCUT2D eigenvalue weighted by atomic mass is 16.3. The lowest BCUT2D eigenvalue weighted by molar-refractivity contribution is 0.669. The lowest BCUT2D eigenvalue weighted by Gasteiger charge is -2.09. The van der Waals surface area contributed by atoms with Crippen LogP contribution in [0.4, 0.5) is 0 Å². The van der Waals surface area contributed by atoms with E-state index in [0.717, 1.165) is 88.1 Å². The molecule has 7 aromatic carbocycles. The van der Waals surface area contributed by atoms with Crippen LogP contribution in [0.25, 0.3) is 106 Å². The number of furan rings is 2. The van der Waals surface area contributed by atoms with Gasteiger partial charge in [0.1, 0.15) is 22.3 Å². The van der Waals surface area contributed by atoms with Crippen LogP contribution in [0.1, 0.15) is 0 Å². The van der Waals surface area contributed by atoms with Crippen LogP contribution in [0.15, 0.2) is 167 Å². The first-order chi connectivity index (χ1) is 25.3. The van der Waals surface area contributed by atoms with Crippen molar-refractivity contribution in [2.45, 2.75) is 0 Å². The molecule has 0 aliphatic carbocycles. The second kappa shape index (κ2) is 10.7. The van der Waals surface area contributed by atoms with Gasteiger partial charge in [-0.25, -0.2) is 15.0 Å². The zero-order valence-electron chi connectivity index (χ0n) is 27.1. The predicted molar refractivity (Wildman–Crippen MR) is 205 cm³/mol. The Bertz CT molecular complexity index is 3080. The first-order valence-corrected chi connectivity index (χ1v) is 17.0. The molecule has 0 spiro atoms. The third-order valence-electron chi connectivity index (χ3n) is 9.86. The minimum Gasteiger partial charge on any atom is -0.456 e. The molecule has 4 aromatic heterocycles. The van der Waals surface area contributed by atoms with Crippen LogP contribution in [0.2, 0.25) is 0 Å². The standard InChI is InChI=1S/C45H26N4O2/c1-3-13-27(14-4-1)43-46-44(28-15-5-2-6-16-28)48-45(47-43)33-20-11-19-29-30-25-26-36-40(42(30)51-41(29)33)31-17-7-9-21-34(31)49(36)35-22-12-24-38-39(35)32-18-8-10-23-37(32)50-38/h1-26H.